The van der Waals surface area contributed by atoms with Crippen LogP contribution in [0.3, 0.4) is 0 Å². The van der Waals surface area contributed by atoms with E-state index in [0.717, 1.165) is 70.0 Å². The molecular weight excluding hydrogens is 448 g/mol. The van der Waals surface area contributed by atoms with Crippen LogP contribution in [0.25, 0.3) is 44.6 Å². The third-order valence-corrected chi connectivity index (χ3v) is 7.56. The van der Waals surface area contributed by atoms with Gasteiger partial charge in [0.2, 0.25) is 0 Å². The minimum Gasteiger partial charge on any atom is -0.355 e. The highest BCUT2D eigenvalue weighted by Crippen LogP contribution is 2.32. The number of likely N-dealkylation sites (tertiary alicyclic amines) is 1. The number of nitrogens with zero attached hydrogens (tertiary/aromatic N) is 6. The molecule has 2 saturated heterocycles. The van der Waals surface area contributed by atoms with Crippen molar-refractivity contribution in [2.75, 3.05) is 31.1 Å². The number of anilines is 1. The maximum absolute atomic E-state index is 4.99. The van der Waals surface area contributed by atoms with Crippen molar-refractivity contribution in [3.05, 3.63) is 54.5 Å². The van der Waals surface area contributed by atoms with Gasteiger partial charge in [0.15, 0.2) is 11.6 Å². The van der Waals surface area contributed by atoms with E-state index in [1.54, 1.807) is 0 Å². The first-order valence-electron chi connectivity index (χ1n) is 13.1. The molecule has 1 aromatic carbocycles. The first kappa shape index (κ1) is 21.5. The van der Waals surface area contributed by atoms with Gasteiger partial charge in [0, 0.05) is 49.2 Å². The Morgan fingerprint density at radius 3 is 2.58 bits per heavy atom. The number of aromatic amines is 2. The van der Waals surface area contributed by atoms with Crippen molar-refractivity contribution >= 4 is 27.8 Å². The van der Waals surface area contributed by atoms with Crippen LogP contribution in [0.4, 0.5) is 5.82 Å². The van der Waals surface area contributed by atoms with Crippen molar-refractivity contribution in [1.29, 1.82) is 0 Å². The van der Waals surface area contributed by atoms with Crippen molar-refractivity contribution in [1.82, 2.24) is 35.0 Å². The van der Waals surface area contributed by atoms with E-state index >= 15 is 0 Å². The van der Waals surface area contributed by atoms with Crippen molar-refractivity contribution in [2.45, 2.75) is 38.6 Å². The fourth-order valence-corrected chi connectivity index (χ4v) is 5.68. The third-order valence-electron chi connectivity index (χ3n) is 7.56. The molecule has 2 aliphatic rings. The molecule has 2 aliphatic heterocycles. The zero-order valence-corrected chi connectivity index (χ0v) is 20.4. The van der Waals surface area contributed by atoms with Crippen molar-refractivity contribution in [3.63, 3.8) is 0 Å². The topological polar surface area (TPSA) is 89.6 Å². The SMILES string of the molecule is c1cc2[nH]c(-c3n[nH]c4ccc(-c5cncc(CN6CCCC6)c5)cc34)nc2c(N2CCCCC2)n1. The lowest BCUT2D eigenvalue weighted by Crippen LogP contribution is -2.30. The quantitative estimate of drug-likeness (QED) is 0.363. The number of rotatable bonds is 5. The number of imidazole rings is 1. The van der Waals surface area contributed by atoms with Gasteiger partial charge in [-0.3, -0.25) is 15.0 Å². The van der Waals surface area contributed by atoms with Gasteiger partial charge in [-0.05, 0) is 80.6 Å². The number of hydrogen-bond acceptors (Lipinski definition) is 6. The second-order valence-corrected chi connectivity index (χ2v) is 10.1. The largest absolute Gasteiger partial charge is 0.355 e. The molecule has 0 unspecified atom stereocenters. The standard InChI is InChI=1S/C28H30N8/c1-2-12-36(13-3-1)28-26-24(8-9-30-28)31-27(32-26)25-22-15-20(6-7-23(22)33-34-25)21-14-19(16-29-17-21)18-35-10-4-5-11-35/h6-9,14-17H,1-5,10-13,18H2,(H,31,32)(H,33,34). The van der Waals surface area contributed by atoms with E-state index in [1.807, 2.05) is 24.7 Å². The highest BCUT2D eigenvalue weighted by atomic mass is 15.2. The van der Waals surface area contributed by atoms with Crippen LogP contribution in [0.2, 0.25) is 0 Å². The molecule has 36 heavy (non-hydrogen) atoms. The Morgan fingerprint density at radius 1 is 0.833 bits per heavy atom. The lowest BCUT2D eigenvalue weighted by molar-refractivity contribution is 0.331. The van der Waals surface area contributed by atoms with E-state index in [4.69, 9.17) is 9.97 Å². The lowest BCUT2D eigenvalue weighted by atomic mass is 10.0. The minimum absolute atomic E-state index is 0.764. The van der Waals surface area contributed by atoms with Crippen LogP contribution >= 0.6 is 0 Å². The first-order chi connectivity index (χ1) is 17.8. The van der Waals surface area contributed by atoms with E-state index in [-0.39, 0.29) is 0 Å². The van der Waals surface area contributed by atoms with Gasteiger partial charge in [0.1, 0.15) is 11.2 Å². The number of nitrogens with one attached hydrogen (secondary N) is 2. The molecule has 182 valence electrons. The first-order valence-corrected chi connectivity index (χ1v) is 13.1. The molecular formula is C28H30N8. The molecule has 0 amide bonds. The maximum Gasteiger partial charge on any atom is 0.159 e. The highest BCUT2D eigenvalue weighted by Gasteiger charge is 2.20. The monoisotopic (exact) mass is 478 g/mol. The number of aromatic nitrogens is 6. The third kappa shape index (κ3) is 3.91. The van der Waals surface area contributed by atoms with Gasteiger partial charge in [-0.2, -0.15) is 5.10 Å². The Bertz CT molecular complexity index is 1520. The molecule has 0 atom stereocenters. The van der Waals surface area contributed by atoms with Gasteiger partial charge < -0.3 is 9.88 Å². The Morgan fingerprint density at radius 2 is 1.69 bits per heavy atom. The summed E-state index contributed by atoms with van der Waals surface area (Å²) < 4.78 is 0. The zero-order valence-electron chi connectivity index (χ0n) is 20.4. The van der Waals surface area contributed by atoms with Gasteiger partial charge in [-0.1, -0.05) is 6.07 Å². The number of H-pyrrole nitrogens is 2. The van der Waals surface area contributed by atoms with E-state index in [2.05, 4.69) is 54.2 Å². The summed E-state index contributed by atoms with van der Waals surface area (Å²) in [6, 6.07) is 10.7. The molecule has 8 heteroatoms. The summed E-state index contributed by atoms with van der Waals surface area (Å²) in [5.41, 5.74) is 7.25. The average molecular weight is 479 g/mol. The van der Waals surface area contributed by atoms with E-state index < -0.39 is 0 Å². The molecule has 7 rings (SSSR count). The summed E-state index contributed by atoms with van der Waals surface area (Å²) in [4.78, 5) is 22.6. The number of hydrogen-bond donors (Lipinski definition) is 2. The Kier molecular flexibility index (Phi) is 5.39. The second-order valence-electron chi connectivity index (χ2n) is 10.1. The predicted molar refractivity (Wildman–Crippen MR) is 143 cm³/mol. The minimum atomic E-state index is 0.764. The van der Waals surface area contributed by atoms with Crippen LogP contribution in [0.15, 0.2) is 48.9 Å². The molecule has 0 spiro atoms. The molecule has 0 aliphatic carbocycles. The summed E-state index contributed by atoms with van der Waals surface area (Å²) in [6.45, 7) is 5.40. The van der Waals surface area contributed by atoms with E-state index in [0.29, 0.717) is 0 Å². The molecule has 4 aromatic heterocycles. The van der Waals surface area contributed by atoms with Crippen LogP contribution in [-0.4, -0.2) is 61.2 Å². The van der Waals surface area contributed by atoms with Gasteiger partial charge >= 0.3 is 0 Å². The summed E-state index contributed by atoms with van der Waals surface area (Å²) in [5, 5.41) is 8.88. The van der Waals surface area contributed by atoms with Crippen LogP contribution < -0.4 is 4.90 Å². The highest BCUT2D eigenvalue weighted by molar-refractivity contribution is 5.97. The number of pyridine rings is 2. The van der Waals surface area contributed by atoms with Gasteiger partial charge in [0.05, 0.1) is 11.0 Å². The van der Waals surface area contributed by atoms with Crippen molar-refractivity contribution in [2.24, 2.45) is 0 Å². The lowest BCUT2D eigenvalue weighted by Gasteiger charge is -2.27. The van der Waals surface area contributed by atoms with Gasteiger partial charge in [-0.15, -0.1) is 0 Å². The van der Waals surface area contributed by atoms with Crippen LogP contribution in [0.1, 0.15) is 37.7 Å². The molecule has 0 radical (unpaired) electrons. The van der Waals surface area contributed by atoms with Gasteiger partial charge in [-0.25, -0.2) is 9.97 Å². The van der Waals surface area contributed by atoms with Crippen LogP contribution in [-0.2, 0) is 6.54 Å². The predicted octanol–water partition coefficient (Wildman–Crippen LogP) is 5.15. The van der Waals surface area contributed by atoms with Crippen molar-refractivity contribution in [3.8, 4) is 22.6 Å². The van der Waals surface area contributed by atoms with Gasteiger partial charge in [0.25, 0.3) is 0 Å². The van der Waals surface area contributed by atoms with Crippen molar-refractivity contribution < 1.29 is 0 Å². The molecule has 2 N–H and O–H groups in total. The van der Waals surface area contributed by atoms with E-state index in [1.165, 1.54) is 50.8 Å². The van der Waals surface area contributed by atoms with Crippen LogP contribution in [0.5, 0.6) is 0 Å². The normalized spacial score (nSPS) is 16.9. The van der Waals surface area contributed by atoms with E-state index in [9.17, 15) is 0 Å². The molecule has 0 bridgehead atoms. The second kappa shape index (κ2) is 9.02. The summed E-state index contributed by atoms with van der Waals surface area (Å²) in [5.74, 6) is 1.73. The molecule has 6 heterocycles. The molecule has 5 aromatic rings. The van der Waals surface area contributed by atoms with Crippen LogP contribution in [0, 0.1) is 0 Å². The smallest absolute Gasteiger partial charge is 0.159 e. The fourth-order valence-electron chi connectivity index (χ4n) is 5.68. The Hall–Kier alpha value is -3.78. The number of benzene rings is 1. The summed E-state index contributed by atoms with van der Waals surface area (Å²) in [6.07, 6.45) is 12.1. The molecule has 0 saturated carbocycles. The number of fused-ring (bicyclic) bond motifs is 2. The Labute approximate surface area is 209 Å². The average Bonchev–Trinajstić information content (AvgIpc) is 3.68. The summed E-state index contributed by atoms with van der Waals surface area (Å²) >= 11 is 0. The molecule has 2 fully saturated rings. The number of piperidine rings is 1. The zero-order chi connectivity index (χ0) is 23.9. The molecule has 8 nitrogen and oxygen atoms in total. The maximum atomic E-state index is 4.99. The fraction of sp³-hybridized carbons (Fsp3) is 0.357. The Balaban J connectivity index is 1.25. The summed E-state index contributed by atoms with van der Waals surface area (Å²) in [7, 11) is 0.